The van der Waals surface area contributed by atoms with Crippen molar-refractivity contribution in [1.82, 2.24) is 0 Å². The summed E-state index contributed by atoms with van der Waals surface area (Å²) in [6, 6.07) is 12.5. The summed E-state index contributed by atoms with van der Waals surface area (Å²) in [6.45, 7) is 15.5. The Labute approximate surface area is 205 Å². The van der Waals surface area contributed by atoms with Gasteiger partial charge in [-0.05, 0) is 73.7 Å². The molecule has 0 spiro atoms. The number of carboxylic acids is 1. The first-order valence-electron chi connectivity index (χ1n) is 10.6. The van der Waals surface area contributed by atoms with E-state index >= 15 is 0 Å². The molecule has 176 valence electrons. The topological polar surface area (TPSA) is 92.8 Å². The summed E-state index contributed by atoms with van der Waals surface area (Å²) >= 11 is 6.07. The van der Waals surface area contributed by atoms with E-state index in [2.05, 4.69) is 18.2 Å². The molecule has 6 heteroatoms. The number of rotatable bonds is 9. The van der Waals surface area contributed by atoms with Crippen molar-refractivity contribution in [3.8, 4) is 0 Å². The smallest absolute Gasteiger partial charge is 0.328 e. The maximum Gasteiger partial charge on any atom is 0.328 e. The minimum absolute atomic E-state index is 0.169. The quantitative estimate of drug-likeness (QED) is 0.197. The molecule has 0 aliphatic carbocycles. The number of allylic oxidation sites excluding steroid dienone is 3. The SMILES string of the molecule is C=C(C)/C(=C(N)\N=C(/C)C(=C)c1ccc(Cl)cc1C)C(C)(C=O)c1ccc(/C=C/C(=O)O)cc1. The molecule has 34 heavy (non-hydrogen) atoms. The summed E-state index contributed by atoms with van der Waals surface area (Å²) in [7, 11) is 0. The van der Waals surface area contributed by atoms with Crippen LogP contribution in [0.1, 0.15) is 43.0 Å². The highest BCUT2D eigenvalue weighted by molar-refractivity contribution is 6.31. The predicted molar refractivity (Wildman–Crippen MR) is 141 cm³/mol. The van der Waals surface area contributed by atoms with E-state index in [0.717, 1.165) is 23.5 Å². The van der Waals surface area contributed by atoms with Crippen LogP contribution in [-0.4, -0.2) is 23.1 Å². The maximum atomic E-state index is 12.4. The van der Waals surface area contributed by atoms with Crippen LogP contribution in [0.3, 0.4) is 0 Å². The lowest BCUT2D eigenvalue weighted by atomic mass is 9.74. The molecule has 1 unspecified atom stereocenters. The largest absolute Gasteiger partial charge is 0.478 e. The highest BCUT2D eigenvalue weighted by Crippen LogP contribution is 2.36. The number of aliphatic carboxylic acids is 1. The molecule has 0 saturated heterocycles. The molecule has 0 aliphatic heterocycles. The molecule has 0 amide bonds. The van der Waals surface area contributed by atoms with Crippen LogP contribution in [-0.2, 0) is 15.0 Å². The molecule has 0 aliphatic rings. The Morgan fingerprint density at radius 3 is 2.26 bits per heavy atom. The number of hydrogen-bond donors (Lipinski definition) is 2. The highest BCUT2D eigenvalue weighted by Gasteiger charge is 2.33. The Hall–Kier alpha value is -3.70. The average molecular weight is 477 g/mol. The third-order valence-corrected chi connectivity index (χ3v) is 5.84. The Morgan fingerprint density at radius 2 is 1.76 bits per heavy atom. The van der Waals surface area contributed by atoms with Gasteiger partial charge in [-0.3, -0.25) is 0 Å². The van der Waals surface area contributed by atoms with Crippen molar-refractivity contribution in [3.63, 3.8) is 0 Å². The van der Waals surface area contributed by atoms with Crippen LogP contribution in [0.15, 0.2) is 83.7 Å². The predicted octanol–water partition coefficient (Wildman–Crippen LogP) is 6.12. The van der Waals surface area contributed by atoms with Crippen LogP contribution in [0.5, 0.6) is 0 Å². The maximum absolute atomic E-state index is 12.4. The summed E-state index contributed by atoms with van der Waals surface area (Å²) in [5.41, 5.74) is 11.0. The first kappa shape index (κ1) is 26.6. The van der Waals surface area contributed by atoms with Gasteiger partial charge in [0.15, 0.2) is 0 Å². The zero-order valence-electron chi connectivity index (χ0n) is 19.9. The van der Waals surface area contributed by atoms with E-state index < -0.39 is 11.4 Å². The van der Waals surface area contributed by atoms with Crippen LogP contribution in [0.25, 0.3) is 11.6 Å². The molecule has 5 nitrogen and oxygen atoms in total. The van der Waals surface area contributed by atoms with Crippen molar-refractivity contribution >= 4 is 41.2 Å². The van der Waals surface area contributed by atoms with Crippen molar-refractivity contribution < 1.29 is 14.7 Å². The monoisotopic (exact) mass is 476 g/mol. The summed E-state index contributed by atoms with van der Waals surface area (Å²) in [5.74, 6) is -0.868. The standard InChI is InChI=1S/C28H29ClN2O3/c1-17(2)26(27(30)31-20(5)19(4)24-13-12-23(29)15-18(24)3)28(6,16-32)22-10-7-21(8-11-22)9-14-25(33)34/h7-16H,1,4,30H2,2-3,5-6H3,(H,33,34)/b14-9+,27-26+,31-20+. The molecule has 2 aromatic rings. The van der Waals surface area contributed by atoms with Crippen LogP contribution < -0.4 is 5.73 Å². The number of nitrogens with zero attached hydrogens (tertiary/aromatic N) is 1. The van der Waals surface area contributed by atoms with Gasteiger partial charge in [-0.2, -0.15) is 0 Å². The summed E-state index contributed by atoms with van der Waals surface area (Å²) < 4.78 is 0. The van der Waals surface area contributed by atoms with Gasteiger partial charge in [0, 0.05) is 22.4 Å². The van der Waals surface area contributed by atoms with Crippen molar-refractivity contribution in [2.75, 3.05) is 0 Å². The molecule has 0 aromatic heterocycles. The second-order valence-corrected chi connectivity index (χ2v) is 8.73. The number of carbonyl (C=O) groups excluding carboxylic acids is 1. The van der Waals surface area contributed by atoms with Gasteiger partial charge in [0.25, 0.3) is 0 Å². The van der Waals surface area contributed by atoms with E-state index in [9.17, 15) is 9.59 Å². The minimum Gasteiger partial charge on any atom is -0.478 e. The van der Waals surface area contributed by atoms with Crippen LogP contribution >= 0.6 is 11.6 Å². The number of aldehydes is 1. The third kappa shape index (κ3) is 6.00. The lowest BCUT2D eigenvalue weighted by Crippen LogP contribution is -2.30. The van der Waals surface area contributed by atoms with Gasteiger partial charge in [-0.1, -0.05) is 60.7 Å². The molecule has 2 rings (SSSR count). The van der Waals surface area contributed by atoms with E-state index in [1.165, 1.54) is 6.08 Å². The molecular formula is C28H29ClN2O3. The lowest BCUT2D eigenvalue weighted by Gasteiger charge is -2.28. The number of carbonyl (C=O) groups is 2. The number of aryl methyl sites for hydroxylation is 1. The van der Waals surface area contributed by atoms with Gasteiger partial charge in [-0.25, -0.2) is 9.79 Å². The minimum atomic E-state index is -1.12. The molecule has 0 bridgehead atoms. The van der Waals surface area contributed by atoms with Gasteiger partial charge in [-0.15, -0.1) is 0 Å². The fourth-order valence-electron chi connectivity index (χ4n) is 3.77. The summed E-state index contributed by atoms with van der Waals surface area (Å²) in [4.78, 5) is 27.7. The molecule has 0 radical (unpaired) electrons. The zero-order valence-corrected chi connectivity index (χ0v) is 20.6. The lowest BCUT2D eigenvalue weighted by molar-refractivity contribution is -0.131. The third-order valence-electron chi connectivity index (χ3n) is 5.61. The molecule has 2 aromatic carbocycles. The summed E-state index contributed by atoms with van der Waals surface area (Å²) in [6.07, 6.45) is 3.35. The molecule has 0 fully saturated rings. The fraction of sp³-hybridized carbons (Fsp3) is 0.179. The van der Waals surface area contributed by atoms with Gasteiger partial charge in [0.2, 0.25) is 0 Å². The first-order valence-corrected chi connectivity index (χ1v) is 10.9. The fourth-order valence-corrected chi connectivity index (χ4v) is 4.00. The Kier molecular flexibility index (Phi) is 8.55. The zero-order chi connectivity index (χ0) is 25.6. The van der Waals surface area contributed by atoms with Crippen molar-refractivity contribution in [1.29, 1.82) is 0 Å². The first-order chi connectivity index (χ1) is 15.9. The second-order valence-electron chi connectivity index (χ2n) is 8.29. The van der Waals surface area contributed by atoms with E-state index in [0.29, 0.717) is 38.6 Å². The average Bonchev–Trinajstić information content (AvgIpc) is 2.77. The molecule has 0 saturated carbocycles. The molecular weight excluding hydrogens is 448 g/mol. The summed E-state index contributed by atoms with van der Waals surface area (Å²) in [5, 5.41) is 9.45. The van der Waals surface area contributed by atoms with Gasteiger partial charge in [0.05, 0.1) is 5.41 Å². The number of halogens is 1. The number of benzene rings is 2. The normalized spacial score (nSPS) is 14.3. The number of carboxylic acid groups (broad SMARTS) is 1. The van der Waals surface area contributed by atoms with Crippen LogP contribution in [0.4, 0.5) is 0 Å². The van der Waals surface area contributed by atoms with Crippen molar-refractivity contribution in [3.05, 3.63) is 106 Å². The van der Waals surface area contributed by atoms with Gasteiger partial charge >= 0.3 is 5.97 Å². The highest BCUT2D eigenvalue weighted by atomic mass is 35.5. The van der Waals surface area contributed by atoms with E-state index in [4.69, 9.17) is 22.4 Å². The van der Waals surface area contributed by atoms with E-state index in [1.807, 2.05) is 19.1 Å². The van der Waals surface area contributed by atoms with E-state index in [1.54, 1.807) is 51.1 Å². The molecule has 0 heterocycles. The number of hydrogen-bond acceptors (Lipinski definition) is 4. The van der Waals surface area contributed by atoms with Crippen LogP contribution in [0.2, 0.25) is 5.02 Å². The van der Waals surface area contributed by atoms with Crippen LogP contribution in [0, 0.1) is 6.92 Å². The second kappa shape index (κ2) is 10.9. The van der Waals surface area contributed by atoms with E-state index in [-0.39, 0.29) is 5.82 Å². The van der Waals surface area contributed by atoms with Gasteiger partial charge in [0.1, 0.15) is 12.1 Å². The number of nitrogens with two attached hydrogens (primary N) is 1. The Balaban J connectivity index is 2.54. The molecule has 3 N–H and O–H groups in total. The van der Waals surface area contributed by atoms with Crippen molar-refractivity contribution in [2.45, 2.75) is 33.1 Å². The van der Waals surface area contributed by atoms with Crippen molar-refractivity contribution in [2.24, 2.45) is 10.7 Å². The number of aliphatic imine (C=N–C) groups is 1. The van der Waals surface area contributed by atoms with Gasteiger partial charge < -0.3 is 15.6 Å². The Bertz CT molecular complexity index is 1240. The molecule has 1 atom stereocenters. The Morgan fingerprint density at radius 1 is 1.15 bits per heavy atom.